The van der Waals surface area contributed by atoms with Gasteiger partial charge in [0.1, 0.15) is 17.0 Å². The molecule has 0 atom stereocenters. The monoisotopic (exact) mass is 393 g/mol. The Bertz CT molecular complexity index is 511. The average molecular weight is 393 g/mol. The van der Waals surface area contributed by atoms with Crippen molar-refractivity contribution >= 4 is 41.3 Å². The number of thiazole rings is 1. The van der Waals surface area contributed by atoms with Crippen LogP contribution in [0.3, 0.4) is 0 Å². The first-order chi connectivity index (χ1) is 8.78. The summed E-state index contributed by atoms with van der Waals surface area (Å²) in [5.74, 6) is 0.714. The molecular formula is C11H16IN5OS. The van der Waals surface area contributed by atoms with Crippen molar-refractivity contribution in [1.82, 2.24) is 20.8 Å². The van der Waals surface area contributed by atoms with Gasteiger partial charge in [-0.15, -0.1) is 35.3 Å². The van der Waals surface area contributed by atoms with Gasteiger partial charge < -0.3 is 15.2 Å². The van der Waals surface area contributed by atoms with Crippen LogP contribution in [0.1, 0.15) is 15.6 Å². The number of nitrogens with one attached hydrogen (secondary N) is 2. The Morgan fingerprint density at radius 2 is 2.21 bits per heavy atom. The molecule has 19 heavy (non-hydrogen) atoms. The highest BCUT2D eigenvalue weighted by Crippen LogP contribution is 2.10. The molecule has 0 saturated carbocycles. The van der Waals surface area contributed by atoms with E-state index in [0.29, 0.717) is 19.0 Å². The molecule has 104 valence electrons. The average Bonchev–Trinajstić information content (AvgIpc) is 3.01. The standard InChI is InChI=1S/C11H15N5OS.HI/c1-8-5-13-10(18-8)7-15-11(12-2)14-6-9-3-4-17-16-9;/h3-5H,6-7H2,1-2H3,(H2,12,14,15);1H. The van der Waals surface area contributed by atoms with Crippen LogP contribution in [0.25, 0.3) is 0 Å². The third kappa shape index (κ3) is 5.15. The van der Waals surface area contributed by atoms with E-state index in [2.05, 4.69) is 25.8 Å². The highest BCUT2D eigenvalue weighted by atomic mass is 127. The number of hydrogen-bond acceptors (Lipinski definition) is 5. The molecule has 0 aliphatic rings. The van der Waals surface area contributed by atoms with Gasteiger partial charge in [0, 0.05) is 24.2 Å². The van der Waals surface area contributed by atoms with E-state index < -0.39 is 0 Å². The number of guanidine groups is 1. The molecule has 0 unspecified atom stereocenters. The molecule has 2 heterocycles. The van der Waals surface area contributed by atoms with E-state index in [1.807, 2.05) is 19.2 Å². The maximum absolute atomic E-state index is 4.75. The van der Waals surface area contributed by atoms with Crippen molar-refractivity contribution in [2.75, 3.05) is 7.05 Å². The minimum Gasteiger partial charge on any atom is -0.364 e. The van der Waals surface area contributed by atoms with Crippen molar-refractivity contribution in [3.8, 4) is 0 Å². The van der Waals surface area contributed by atoms with Crippen LogP contribution in [0.4, 0.5) is 0 Å². The summed E-state index contributed by atoms with van der Waals surface area (Å²) in [4.78, 5) is 9.61. The quantitative estimate of drug-likeness (QED) is 0.472. The lowest BCUT2D eigenvalue weighted by atomic mass is 10.4. The minimum absolute atomic E-state index is 0. The molecule has 2 aromatic heterocycles. The topological polar surface area (TPSA) is 75.3 Å². The summed E-state index contributed by atoms with van der Waals surface area (Å²) in [5.41, 5.74) is 0.836. The third-order valence-corrected chi connectivity index (χ3v) is 3.14. The fourth-order valence-electron chi connectivity index (χ4n) is 1.37. The number of hydrogen-bond donors (Lipinski definition) is 2. The van der Waals surface area contributed by atoms with E-state index in [1.165, 1.54) is 4.88 Å². The fourth-order valence-corrected chi connectivity index (χ4v) is 2.09. The van der Waals surface area contributed by atoms with Crippen LogP contribution in [0.5, 0.6) is 0 Å². The van der Waals surface area contributed by atoms with Gasteiger partial charge >= 0.3 is 0 Å². The molecular weight excluding hydrogens is 377 g/mol. The predicted octanol–water partition coefficient (Wildman–Crippen LogP) is 1.92. The Balaban J connectivity index is 0.00000180. The molecule has 0 aromatic carbocycles. The Morgan fingerprint density at radius 1 is 1.42 bits per heavy atom. The van der Waals surface area contributed by atoms with Crippen molar-refractivity contribution in [3.05, 3.63) is 34.1 Å². The maximum Gasteiger partial charge on any atom is 0.191 e. The van der Waals surface area contributed by atoms with Gasteiger partial charge in [-0.1, -0.05) is 5.16 Å². The fraction of sp³-hybridized carbons (Fsp3) is 0.364. The van der Waals surface area contributed by atoms with Gasteiger partial charge in [0.2, 0.25) is 0 Å². The molecule has 8 heteroatoms. The number of nitrogens with zero attached hydrogens (tertiary/aromatic N) is 3. The van der Waals surface area contributed by atoms with Gasteiger partial charge in [0.25, 0.3) is 0 Å². The van der Waals surface area contributed by atoms with Gasteiger partial charge in [-0.25, -0.2) is 4.98 Å². The Hall–Kier alpha value is -1.16. The first-order valence-corrected chi connectivity index (χ1v) is 6.34. The molecule has 2 rings (SSSR count). The second-order valence-corrected chi connectivity index (χ2v) is 4.95. The van der Waals surface area contributed by atoms with Crippen LogP contribution in [-0.4, -0.2) is 23.1 Å². The predicted molar refractivity (Wildman–Crippen MR) is 85.8 cm³/mol. The van der Waals surface area contributed by atoms with E-state index in [-0.39, 0.29) is 24.0 Å². The largest absolute Gasteiger partial charge is 0.364 e. The van der Waals surface area contributed by atoms with E-state index in [1.54, 1.807) is 24.6 Å². The lowest BCUT2D eigenvalue weighted by Gasteiger charge is -2.09. The van der Waals surface area contributed by atoms with Crippen LogP contribution in [0, 0.1) is 6.92 Å². The van der Waals surface area contributed by atoms with Crippen molar-refractivity contribution in [3.63, 3.8) is 0 Å². The van der Waals surface area contributed by atoms with Crippen LogP contribution in [0.15, 0.2) is 28.0 Å². The molecule has 0 fully saturated rings. The van der Waals surface area contributed by atoms with Crippen molar-refractivity contribution < 1.29 is 4.52 Å². The summed E-state index contributed by atoms with van der Waals surface area (Å²) in [5, 5.41) is 11.2. The lowest BCUT2D eigenvalue weighted by Crippen LogP contribution is -2.36. The summed E-state index contributed by atoms with van der Waals surface area (Å²) in [6.45, 7) is 3.28. The molecule has 0 radical (unpaired) electrons. The van der Waals surface area contributed by atoms with Crippen molar-refractivity contribution in [2.24, 2.45) is 4.99 Å². The SMILES string of the molecule is CN=C(NCc1ccon1)NCc1ncc(C)s1.I. The summed E-state index contributed by atoms with van der Waals surface area (Å²) in [6.07, 6.45) is 3.42. The Labute approximate surface area is 132 Å². The smallest absolute Gasteiger partial charge is 0.191 e. The second kappa shape index (κ2) is 8.10. The normalized spacial score (nSPS) is 10.9. The van der Waals surface area contributed by atoms with Gasteiger partial charge in [0.15, 0.2) is 5.96 Å². The van der Waals surface area contributed by atoms with Gasteiger partial charge in [-0.3, -0.25) is 4.99 Å². The van der Waals surface area contributed by atoms with Gasteiger partial charge in [-0.2, -0.15) is 0 Å². The summed E-state index contributed by atoms with van der Waals surface area (Å²) < 4.78 is 4.75. The lowest BCUT2D eigenvalue weighted by molar-refractivity contribution is 0.410. The Kier molecular flexibility index (Phi) is 6.78. The Morgan fingerprint density at radius 3 is 2.79 bits per heavy atom. The molecule has 0 aliphatic heterocycles. The highest BCUT2D eigenvalue weighted by molar-refractivity contribution is 14.0. The molecule has 2 N–H and O–H groups in total. The van der Waals surface area contributed by atoms with Crippen LogP contribution >= 0.6 is 35.3 Å². The van der Waals surface area contributed by atoms with Crippen molar-refractivity contribution in [1.29, 1.82) is 0 Å². The van der Waals surface area contributed by atoms with Gasteiger partial charge in [-0.05, 0) is 6.92 Å². The van der Waals surface area contributed by atoms with Crippen LogP contribution < -0.4 is 10.6 Å². The molecule has 6 nitrogen and oxygen atoms in total. The zero-order chi connectivity index (χ0) is 12.8. The minimum atomic E-state index is 0. The summed E-state index contributed by atoms with van der Waals surface area (Å²) >= 11 is 1.67. The zero-order valence-electron chi connectivity index (χ0n) is 10.7. The maximum atomic E-state index is 4.75. The molecule has 0 bridgehead atoms. The summed E-state index contributed by atoms with van der Waals surface area (Å²) in [6, 6.07) is 1.81. The van der Waals surface area contributed by atoms with E-state index >= 15 is 0 Å². The van der Waals surface area contributed by atoms with E-state index in [4.69, 9.17) is 4.52 Å². The number of aromatic nitrogens is 2. The number of aryl methyl sites for hydroxylation is 1. The molecule has 0 aliphatic carbocycles. The molecule has 0 amide bonds. The first kappa shape index (κ1) is 15.9. The number of halogens is 1. The molecule has 0 saturated heterocycles. The molecule has 0 spiro atoms. The highest BCUT2D eigenvalue weighted by Gasteiger charge is 2.02. The van der Waals surface area contributed by atoms with Crippen molar-refractivity contribution in [2.45, 2.75) is 20.0 Å². The zero-order valence-corrected chi connectivity index (χ0v) is 13.9. The van der Waals surface area contributed by atoms with Gasteiger partial charge in [0.05, 0.1) is 13.1 Å². The molecule has 2 aromatic rings. The number of rotatable bonds is 4. The second-order valence-electron chi connectivity index (χ2n) is 3.63. The van der Waals surface area contributed by atoms with E-state index in [0.717, 1.165) is 10.7 Å². The van der Waals surface area contributed by atoms with Crippen LogP contribution in [0.2, 0.25) is 0 Å². The first-order valence-electron chi connectivity index (χ1n) is 5.53. The van der Waals surface area contributed by atoms with E-state index in [9.17, 15) is 0 Å². The third-order valence-electron chi connectivity index (χ3n) is 2.23. The summed E-state index contributed by atoms with van der Waals surface area (Å²) in [7, 11) is 1.73. The van der Waals surface area contributed by atoms with Crippen LogP contribution in [-0.2, 0) is 13.1 Å². The number of aliphatic imine (C=N–C) groups is 1.